The van der Waals surface area contributed by atoms with Crippen molar-refractivity contribution in [1.82, 2.24) is 4.98 Å². The lowest BCUT2D eigenvalue weighted by molar-refractivity contribution is 0.201. The molecule has 4 nitrogen and oxygen atoms in total. The lowest BCUT2D eigenvalue weighted by Gasteiger charge is -2.26. The number of hydrogen-bond acceptors (Lipinski definition) is 2. The van der Waals surface area contributed by atoms with Crippen LogP contribution in [0.4, 0.5) is 10.6 Å². The quantitative estimate of drug-likeness (QED) is 0.787. The van der Waals surface area contributed by atoms with Gasteiger partial charge in [0, 0.05) is 22.8 Å². The number of fused-ring (bicyclic) bond motifs is 1. The third kappa shape index (κ3) is 1.74. The van der Waals surface area contributed by atoms with Crippen molar-refractivity contribution < 1.29 is 9.90 Å². The molecule has 0 saturated heterocycles. The number of pyridine rings is 1. The molecule has 0 unspecified atom stereocenters. The first-order valence-electron chi connectivity index (χ1n) is 4.44. The SMILES string of the molecule is C=C1CCN(C(=O)O)c2ncc(Br)cc21. The molecule has 0 aliphatic carbocycles. The van der Waals surface area contributed by atoms with Crippen LogP contribution in [0.1, 0.15) is 12.0 Å². The summed E-state index contributed by atoms with van der Waals surface area (Å²) in [4.78, 5) is 16.3. The van der Waals surface area contributed by atoms with Crippen LogP contribution in [0.15, 0.2) is 23.3 Å². The Hall–Kier alpha value is -1.36. The highest BCUT2D eigenvalue weighted by Crippen LogP contribution is 2.33. The summed E-state index contributed by atoms with van der Waals surface area (Å²) in [5.41, 5.74) is 1.73. The van der Waals surface area contributed by atoms with E-state index in [9.17, 15) is 4.79 Å². The predicted molar refractivity (Wildman–Crippen MR) is 61.0 cm³/mol. The second-order valence-corrected chi connectivity index (χ2v) is 4.23. The summed E-state index contributed by atoms with van der Waals surface area (Å²) < 4.78 is 0.828. The number of nitrogens with zero attached hydrogens (tertiary/aromatic N) is 2. The number of halogens is 1. The first-order valence-corrected chi connectivity index (χ1v) is 5.23. The first kappa shape index (κ1) is 10.2. The molecule has 0 spiro atoms. The van der Waals surface area contributed by atoms with Crippen molar-refractivity contribution in [1.29, 1.82) is 0 Å². The van der Waals surface area contributed by atoms with Crippen LogP contribution in [-0.2, 0) is 0 Å². The number of amides is 1. The number of hydrogen-bond donors (Lipinski definition) is 1. The van der Waals surface area contributed by atoms with E-state index in [2.05, 4.69) is 27.5 Å². The van der Waals surface area contributed by atoms with Crippen molar-refractivity contribution in [2.24, 2.45) is 0 Å². The largest absolute Gasteiger partial charge is 0.465 e. The summed E-state index contributed by atoms with van der Waals surface area (Å²) in [6, 6.07) is 1.85. The molecule has 0 saturated carbocycles. The number of carboxylic acid groups (broad SMARTS) is 1. The molecule has 1 aromatic rings. The van der Waals surface area contributed by atoms with E-state index in [1.807, 2.05) is 6.07 Å². The molecule has 78 valence electrons. The van der Waals surface area contributed by atoms with Gasteiger partial charge >= 0.3 is 6.09 Å². The van der Waals surface area contributed by atoms with E-state index in [0.29, 0.717) is 18.8 Å². The highest BCUT2D eigenvalue weighted by molar-refractivity contribution is 9.10. The van der Waals surface area contributed by atoms with Crippen LogP contribution in [-0.4, -0.2) is 22.7 Å². The Bertz CT molecular complexity index is 445. The molecule has 1 aliphatic heterocycles. The van der Waals surface area contributed by atoms with Gasteiger partial charge in [0.05, 0.1) is 0 Å². The highest BCUT2D eigenvalue weighted by atomic mass is 79.9. The topological polar surface area (TPSA) is 53.4 Å². The Morgan fingerprint density at radius 2 is 2.40 bits per heavy atom. The van der Waals surface area contributed by atoms with Gasteiger partial charge in [-0.25, -0.2) is 9.78 Å². The molecule has 0 fully saturated rings. The van der Waals surface area contributed by atoms with Gasteiger partial charge in [0.1, 0.15) is 5.82 Å². The molecule has 2 rings (SSSR count). The van der Waals surface area contributed by atoms with E-state index in [-0.39, 0.29) is 0 Å². The Morgan fingerprint density at radius 1 is 1.67 bits per heavy atom. The molecule has 1 aromatic heterocycles. The standard InChI is InChI=1S/C10H9BrN2O2/c1-6-2-3-13(10(14)15)9-8(6)4-7(11)5-12-9/h4-5H,1-3H2,(H,14,15). The van der Waals surface area contributed by atoms with Crippen molar-refractivity contribution in [2.75, 3.05) is 11.4 Å². The number of carbonyl (C=O) groups is 1. The second kappa shape index (κ2) is 3.66. The van der Waals surface area contributed by atoms with Gasteiger partial charge in [0.2, 0.25) is 0 Å². The number of rotatable bonds is 0. The Kier molecular flexibility index (Phi) is 2.48. The minimum Gasteiger partial charge on any atom is -0.465 e. The van der Waals surface area contributed by atoms with Crippen molar-refractivity contribution in [2.45, 2.75) is 6.42 Å². The predicted octanol–water partition coefficient (Wildman–Crippen LogP) is 2.75. The molecule has 0 atom stereocenters. The van der Waals surface area contributed by atoms with E-state index in [1.54, 1.807) is 6.20 Å². The summed E-state index contributed by atoms with van der Waals surface area (Å²) in [6.07, 6.45) is 1.27. The summed E-state index contributed by atoms with van der Waals surface area (Å²) in [7, 11) is 0. The number of aromatic nitrogens is 1. The van der Waals surface area contributed by atoms with Crippen LogP contribution < -0.4 is 4.90 Å². The average molecular weight is 269 g/mol. The maximum absolute atomic E-state index is 11.0. The zero-order valence-corrected chi connectivity index (χ0v) is 9.49. The third-order valence-electron chi connectivity index (χ3n) is 2.34. The molecule has 0 radical (unpaired) electrons. The summed E-state index contributed by atoms with van der Waals surface area (Å²) >= 11 is 3.31. The van der Waals surface area contributed by atoms with Crippen molar-refractivity contribution in [3.63, 3.8) is 0 Å². The van der Waals surface area contributed by atoms with E-state index in [0.717, 1.165) is 15.6 Å². The van der Waals surface area contributed by atoms with Gasteiger partial charge in [-0.1, -0.05) is 6.58 Å². The van der Waals surface area contributed by atoms with Crippen LogP contribution in [0.2, 0.25) is 0 Å². The second-order valence-electron chi connectivity index (χ2n) is 3.31. The molecule has 1 amide bonds. The molecular weight excluding hydrogens is 260 g/mol. The fourth-order valence-corrected chi connectivity index (χ4v) is 1.91. The smallest absolute Gasteiger partial charge is 0.413 e. The fourth-order valence-electron chi connectivity index (χ4n) is 1.58. The van der Waals surface area contributed by atoms with Gasteiger partial charge in [-0.2, -0.15) is 0 Å². The van der Waals surface area contributed by atoms with Crippen LogP contribution in [0, 0.1) is 0 Å². The van der Waals surface area contributed by atoms with Crippen molar-refractivity contribution in [3.05, 3.63) is 28.9 Å². The molecule has 1 N–H and O–H groups in total. The van der Waals surface area contributed by atoms with E-state index >= 15 is 0 Å². The van der Waals surface area contributed by atoms with E-state index in [1.165, 1.54) is 4.90 Å². The highest BCUT2D eigenvalue weighted by Gasteiger charge is 2.25. The van der Waals surface area contributed by atoms with Gasteiger partial charge in [0.25, 0.3) is 0 Å². The maximum Gasteiger partial charge on any atom is 0.413 e. The van der Waals surface area contributed by atoms with Gasteiger partial charge < -0.3 is 5.11 Å². The molecule has 1 aliphatic rings. The molecule has 5 heteroatoms. The third-order valence-corrected chi connectivity index (χ3v) is 2.77. The lowest BCUT2D eigenvalue weighted by atomic mass is 10.0. The van der Waals surface area contributed by atoms with Gasteiger partial charge in [-0.05, 0) is 34.0 Å². The zero-order valence-electron chi connectivity index (χ0n) is 7.90. The van der Waals surface area contributed by atoms with Crippen LogP contribution >= 0.6 is 15.9 Å². The van der Waals surface area contributed by atoms with Crippen molar-refractivity contribution >= 4 is 33.4 Å². The lowest BCUT2D eigenvalue weighted by Crippen LogP contribution is -2.34. The summed E-state index contributed by atoms with van der Waals surface area (Å²) in [5, 5.41) is 8.99. The van der Waals surface area contributed by atoms with Crippen molar-refractivity contribution in [3.8, 4) is 0 Å². The minimum atomic E-state index is -0.974. The Labute approximate surface area is 95.4 Å². The van der Waals surface area contributed by atoms with Crippen LogP contribution in [0.25, 0.3) is 5.57 Å². The molecule has 2 heterocycles. The molecule has 0 bridgehead atoms. The molecular formula is C10H9BrN2O2. The molecule has 15 heavy (non-hydrogen) atoms. The monoisotopic (exact) mass is 268 g/mol. The van der Waals surface area contributed by atoms with Gasteiger partial charge in [0.15, 0.2) is 0 Å². The summed E-state index contributed by atoms with van der Waals surface area (Å²) in [5.74, 6) is 0.474. The average Bonchev–Trinajstić information content (AvgIpc) is 2.19. The molecule has 0 aromatic carbocycles. The van der Waals surface area contributed by atoms with Gasteiger partial charge in [-0.15, -0.1) is 0 Å². The maximum atomic E-state index is 11.0. The Balaban J connectivity index is 2.55. The zero-order chi connectivity index (χ0) is 11.0. The van der Waals surface area contributed by atoms with Crippen LogP contribution in [0.5, 0.6) is 0 Å². The van der Waals surface area contributed by atoms with Crippen LogP contribution in [0.3, 0.4) is 0 Å². The van der Waals surface area contributed by atoms with E-state index in [4.69, 9.17) is 5.11 Å². The minimum absolute atomic E-state index is 0.426. The summed E-state index contributed by atoms with van der Waals surface area (Å²) in [6.45, 7) is 4.34. The number of anilines is 1. The van der Waals surface area contributed by atoms with Gasteiger partial charge in [-0.3, -0.25) is 4.90 Å². The fraction of sp³-hybridized carbons (Fsp3) is 0.200. The Morgan fingerprint density at radius 3 is 3.07 bits per heavy atom. The normalized spacial score (nSPS) is 15.0. The first-order chi connectivity index (χ1) is 7.09. The van der Waals surface area contributed by atoms with E-state index < -0.39 is 6.09 Å².